The van der Waals surface area contributed by atoms with E-state index in [-0.39, 0.29) is 22.5 Å². The highest BCUT2D eigenvalue weighted by atomic mass is 19.1. The van der Waals surface area contributed by atoms with Gasteiger partial charge in [0, 0.05) is 31.9 Å². The molecule has 2 aromatic carbocycles. The van der Waals surface area contributed by atoms with Crippen LogP contribution in [0.1, 0.15) is 36.9 Å². The lowest BCUT2D eigenvalue weighted by atomic mass is 10.0. The van der Waals surface area contributed by atoms with E-state index in [9.17, 15) is 9.59 Å². The molecule has 0 radical (unpaired) electrons. The number of furan rings is 1. The molecule has 1 aliphatic rings. The highest BCUT2D eigenvalue weighted by Gasteiger charge is 2.34. The zero-order valence-electron chi connectivity index (χ0n) is 26.3. The molecule has 0 saturated carbocycles. The summed E-state index contributed by atoms with van der Waals surface area (Å²) in [6, 6.07) is 8.08. The highest BCUT2D eigenvalue weighted by molar-refractivity contribution is 6.17. The van der Waals surface area contributed by atoms with Crippen molar-refractivity contribution in [1.82, 2.24) is 4.98 Å². The highest BCUT2D eigenvalue weighted by Crippen LogP contribution is 2.40. The number of anilines is 5. The third-order valence-corrected chi connectivity index (χ3v) is 7.23. The maximum Gasteiger partial charge on any atom is 0.414 e. The summed E-state index contributed by atoms with van der Waals surface area (Å²) in [5.74, 6) is -4.84. The summed E-state index contributed by atoms with van der Waals surface area (Å²) in [7, 11) is 3.68. The Kier molecular flexibility index (Phi) is 8.92. The SMILES string of the molecule is COc1cc(OC)c(F)c(C(=O)c2oc3cnc(Nc4ccc(N5CCOCC5)cc4N)cc3c2N(C)C(=O)OC(C)(C)C)c1F. The summed E-state index contributed by atoms with van der Waals surface area (Å²) in [6.07, 6.45) is 0.473. The number of nitrogens with one attached hydrogen (secondary N) is 1. The Balaban J connectivity index is 1.60. The van der Waals surface area contributed by atoms with E-state index in [0.717, 1.165) is 44.0 Å². The van der Waals surface area contributed by atoms with E-state index in [1.165, 1.54) is 19.3 Å². The van der Waals surface area contributed by atoms with Crippen molar-refractivity contribution in [3.8, 4) is 11.5 Å². The molecular formula is C32H35F2N5O7. The fourth-order valence-electron chi connectivity index (χ4n) is 4.99. The van der Waals surface area contributed by atoms with E-state index in [1.54, 1.807) is 20.8 Å². The minimum Gasteiger partial charge on any atom is -0.494 e. The first-order valence-corrected chi connectivity index (χ1v) is 14.4. The van der Waals surface area contributed by atoms with Crippen LogP contribution < -0.4 is 30.3 Å². The zero-order valence-corrected chi connectivity index (χ0v) is 26.3. The maximum atomic E-state index is 15.4. The van der Waals surface area contributed by atoms with Crippen LogP contribution in [0, 0.1) is 11.6 Å². The molecule has 0 aliphatic carbocycles. The number of fused-ring (bicyclic) bond motifs is 1. The van der Waals surface area contributed by atoms with E-state index >= 15 is 8.78 Å². The monoisotopic (exact) mass is 639 g/mol. The Hall–Kier alpha value is -5.11. The van der Waals surface area contributed by atoms with Gasteiger partial charge < -0.3 is 39.3 Å². The van der Waals surface area contributed by atoms with Crippen molar-refractivity contribution in [3.63, 3.8) is 0 Å². The van der Waals surface area contributed by atoms with Gasteiger partial charge in [-0.05, 0) is 45.0 Å². The molecule has 1 saturated heterocycles. The number of hydrogen-bond donors (Lipinski definition) is 2. The van der Waals surface area contributed by atoms with Gasteiger partial charge in [-0.1, -0.05) is 0 Å². The number of ketones is 1. The third-order valence-electron chi connectivity index (χ3n) is 7.23. The molecule has 3 N–H and O–H groups in total. The van der Waals surface area contributed by atoms with Gasteiger partial charge in [-0.3, -0.25) is 9.69 Å². The van der Waals surface area contributed by atoms with Crippen LogP contribution in [0.5, 0.6) is 11.5 Å². The molecule has 0 spiro atoms. The van der Waals surface area contributed by atoms with E-state index in [4.69, 9.17) is 29.1 Å². The maximum absolute atomic E-state index is 15.4. The third kappa shape index (κ3) is 6.33. The van der Waals surface area contributed by atoms with Crippen molar-refractivity contribution in [2.45, 2.75) is 26.4 Å². The molecule has 1 amide bonds. The number of amides is 1. The van der Waals surface area contributed by atoms with Gasteiger partial charge >= 0.3 is 6.09 Å². The Labute approximate surface area is 263 Å². The lowest BCUT2D eigenvalue weighted by Crippen LogP contribution is -2.36. The number of carbonyl (C=O) groups is 2. The molecule has 12 nitrogen and oxygen atoms in total. The molecule has 0 atom stereocenters. The van der Waals surface area contributed by atoms with Crippen LogP contribution >= 0.6 is 0 Å². The fourth-order valence-corrected chi connectivity index (χ4v) is 4.99. The minimum atomic E-state index is -1.27. The first-order chi connectivity index (χ1) is 21.8. The first kappa shape index (κ1) is 32.3. The van der Waals surface area contributed by atoms with Crippen LogP contribution in [0.15, 0.2) is 40.9 Å². The summed E-state index contributed by atoms with van der Waals surface area (Å²) in [6.45, 7) is 7.77. The normalized spacial score (nSPS) is 13.4. The Morgan fingerprint density at radius 2 is 1.70 bits per heavy atom. The molecule has 244 valence electrons. The second kappa shape index (κ2) is 12.7. The molecular weight excluding hydrogens is 604 g/mol. The van der Waals surface area contributed by atoms with E-state index < -0.39 is 51.9 Å². The van der Waals surface area contributed by atoms with Crippen molar-refractivity contribution < 1.29 is 41.7 Å². The topological polar surface area (TPSA) is 142 Å². The Morgan fingerprint density at radius 1 is 1.04 bits per heavy atom. The van der Waals surface area contributed by atoms with Crippen molar-refractivity contribution >= 4 is 51.4 Å². The fraction of sp³-hybridized carbons (Fsp3) is 0.344. The van der Waals surface area contributed by atoms with Crippen LogP contribution in [0.2, 0.25) is 0 Å². The lowest BCUT2D eigenvalue weighted by molar-refractivity contribution is 0.0589. The number of nitrogens with two attached hydrogens (primary N) is 1. The number of hydrogen-bond acceptors (Lipinski definition) is 11. The molecule has 1 fully saturated rings. The van der Waals surface area contributed by atoms with Gasteiger partial charge in [0.1, 0.15) is 22.7 Å². The van der Waals surface area contributed by atoms with E-state index in [1.807, 2.05) is 18.2 Å². The number of ether oxygens (including phenoxy) is 4. The number of halogens is 2. The average molecular weight is 640 g/mol. The Morgan fingerprint density at radius 3 is 2.28 bits per heavy atom. The van der Waals surface area contributed by atoms with Gasteiger partial charge in [-0.2, -0.15) is 0 Å². The van der Waals surface area contributed by atoms with Crippen molar-refractivity contribution in [1.29, 1.82) is 0 Å². The van der Waals surface area contributed by atoms with Crippen LogP contribution in [0.4, 0.5) is 42.1 Å². The number of aromatic nitrogens is 1. The number of nitrogens with zero attached hydrogens (tertiary/aromatic N) is 3. The number of pyridine rings is 1. The summed E-state index contributed by atoms with van der Waals surface area (Å²) >= 11 is 0. The van der Waals surface area contributed by atoms with Crippen LogP contribution in [0.25, 0.3) is 11.0 Å². The Bertz CT molecular complexity index is 1770. The predicted octanol–water partition coefficient (Wildman–Crippen LogP) is 5.89. The largest absolute Gasteiger partial charge is 0.494 e. The van der Waals surface area contributed by atoms with Crippen molar-refractivity contribution in [2.75, 3.05) is 68.4 Å². The molecule has 4 aromatic rings. The predicted molar refractivity (Wildman–Crippen MR) is 169 cm³/mol. The summed E-state index contributed by atoms with van der Waals surface area (Å²) < 4.78 is 57.6. The number of methoxy groups -OCH3 is 2. The van der Waals surface area contributed by atoms with Gasteiger partial charge in [0.25, 0.3) is 0 Å². The first-order valence-electron chi connectivity index (χ1n) is 14.4. The molecule has 5 rings (SSSR count). The van der Waals surface area contributed by atoms with Crippen LogP contribution in [-0.2, 0) is 9.47 Å². The van der Waals surface area contributed by atoms with Crippen molar-refractivity contribution in [2.24, 2.45) is 0 Å². The second-order valence-electron chi connectivity index (χ2n) is 11.5. The molecule has 2 aromatic heterocycles. The minimum absolute atomic E-state index is 0.0608. The lowest BCUT2D eigenvalue weighted by Gasteiger charge is -2.29. The van der Waals surface area contributed by atoms with Gasteiger partial charge in [0.2, 0.25) is 5.78 Å². The average Bonchev–Trinajstić information content (AvgIpc) is 3.40. The molecule has 3 heterocycles. The molecule has 14 heteroatoms. The number of rotatable bonds is 8. The summed E-state index contributed by atoms with van der Waals surface area (Å²) in [5.41, 5.74) is 6.41. The van der Waals surface area contributed by atoms with Gasteiger partial charge in [-0.25, -0.2) is 18.6 Å². The molecule has 0 bridgehead atoms. The smallest absolute Gasteiger partial charge is 0.414 e. The molecule has 1 aliphatic heterocycles. The number of carbonyl (C=O) groups excluding carboxylic acids is 2. The second-order valence-corrected chi connectivity index (χ2v) is 11.5. The number of nitrogen functional groups attached to an aromatic ring is 1. The number of morpholine rings is 1. The summed E-state index contributed by atoms with van der Waals surface area (Å²) in [5, 5.41) is 3.38. The summed E-state index contributed by atoms with van der Waals surface area (Å²) in [4.78, 5) is 34.7. The van der Waals surface area contributed by atoms with Crippen molar-refractivity contribution in [3.05, 3.63) is 59.5 Å². The van der Waals surface area contributed by atoms with Crippen LogP contribution in [0.3, 0.4) is 0 Å². The standard InChI is InChI=1S/C32H35F2N5O7/c1-32(2,3)46-31(41)38(4)28-18-14-24(37-20-8-7-17(13-19(20)35)39-9-11-44-12-10-39)36-16-23(18)45-30(28)29(40)25-26(33)21(42-5)15-22(43-6)27(25)34/h7-8,13-16H,9-12,35H2,1-6H3,(H,36,37). The zero-order chi connectivity index (χ0) is 33.3. The van der Waals surface area contributed by atoms with E-state index in [0.29, 0.717) is 24.6 Å². The molecule has 46 heavy (non-hydrogen) atoms. The van der Waals surface area contributed by atoms with E-state index in [2.05, 4.69) is 15.2 Å². The quantitative estimate of drug-likeness (QED) is 0.176. The van der Waals surface area contributed by atoms with Gasteiger partial charge in [0.15, 0.2) is 34.5 Å². The number of benzene rings is 2. The molecule has 0 unspecified atom stereocenters. The van der Waals surface area contributed by atoms with Crippen LogP contribution in [-0.4, -0.2) is 70.0 Å². The van der Waals surface area contributed by atoms with Gasteiger partial charge in [0.05, 0.1) is 50.4 Å². The van der Waals surface area contributed by atoms with Gasteiger partial charge in [-0.15, -0.1) is 0 Å².